The number of Topliss-reactive ketones (excluding diaryl/α,β-unsaturated/α-hetero) is 2. The fourth-order valence-corrected chi connectivity index (χ4v) is 5.90. The van der Waals surface area contributed by atoms with Crippen molar-refractivity contribution in [3.8, 4) is 11.1 Å². The molecule has 5 amide bonds. The molecule has 52 heavy (non-hydrogen) atoms. The summed E-state index contributed by atoms with van der Waals surface area (Å²) in [5.74, 6) is -9.78. The molecule has 0 saturated carbocycles. The lowest BCUT2D eigenvalue weighted by atomic mass is 9.83. The molecule has 2 aromatic carbocycles. The summed E-state index contributed by atoms with van der Waals surface area (Å²) in [5.41, 5.74) is 1.21. The molecule has 1 aliphatic heterocycles. The van der Waals surface area contributed by atoms with Crippen molar-refractivity contribution in [1.29, 1.82) is 0 Å². The number of ketones is 2. The van der Waals surface area contributed by atoms with E-state index in [-0.39, 0.29) is 42.5 Å². The quantitative estimate of drug-likeness (QED) is 0.106. The number of benzene rings is 2. The van der Waals surface area contributed by atoms with Gasteiger partial charge in [-0.25, -0.2) is 0 Å². The minimum atomic E-state index is -1.46. The number of carbonyl (C=O) groups excluding carboxylic acids is 7. The second kappa shape index (κ2) is 17.0. The summed E-state index contributed by atoms with van der Waals surface area (Å²) in [6.45, 7) is -1.45. The Balaban J connectivity index is 1.42. The maximum absolute atomic E-state index is 13.6. The Bertz CT molecular complexity index is 1840. The molecule has 1 fully saturated rings. The third-order valence-corrected chi connectivity index (χ3v) is 8.42. The fourth-order valence-electron chi connectivity index (χ4n) is 5.90. The van der Waals surface area contributed by atoms with Gasteiger partial charge in [-0.15, -0.1) is 0 Å². The van der Waals surface area contributed by atoms with E-state index in [0.717, 1.165) is 4.90 Å². The molecule has 1 heterocycles. The fraction of sp³-hybridized carbons (Fsp3) is 0.353. The van der Waals surface area contributed by atoms with Crippen LogP contribution in [-0.4, -0.2) is 117 Å². The van der Waals surface area contributed by atoms with Gasteiger partial charge in [-0.1, -0.05) is 30.3 Å². The van der Waals surface area contributed by atoms with Gasteiger partial charge in [0.2, 0.25) is 35.2 Å². The number of carboxylic acids is 3. The lowest BCUT2D eigenvalue weighted by molar-refractivity contribution is -0.143. The van der Waals surface area contributed by atoms with E-state index >= 15 is 0 Å². The molecule has 4 rings (SSSR count). The minimum Gasteiger partial charge on any atom is -0.481 e. The molecule has 18 nitrogen and oxygen atoms in total. The normalized spacial score (nSPS) is 15.7. The van der Waals surface area contributed by atoms with Crippen molar-refractivity contribution in [3.05, 3.63) is 59.2 Å². The zero-order valence-corrected chi connectivity index (χ0v) is 27.5. The van der Waals surface area contributed by atoms with E-state index in [2.05, 4.69) is 21.3 Å². The maximum atomic E-state index is 13.6. The highest BCUT2D eigenvalue weighted by molar-refractivity contribution is 6.53. The molecule has 2 aromatic rings. The maximum Gasteiger partial charge on any atom is 0.322 e. The first-order valence-corrected chi connectivity index (χ1v) is 16.1. The SMILES string of the molecule is O=C(O)CC[C@H](NC(=O)[C@@H]1CCCN1C(=O)[C@H](CCC(=O)O)NC(=O)CNC(=O)c1ccc2c(c1)C(=O)C(=O)c1ccccc1-2)C(=O)NCC(=O)O. The molecule has 1 saturated heterocycles. The summed E-state index contributed by atoms with van der Waals surface area (Å²) in [6.07, 6.45) is -1.46. The third kappa shape index (κ3) is 9.40. The van der Waals surface area contributed by atoms with Crippen molar-refractivity contribution in [2.75, 3.05) is 19.6 Å². The Hall–Kier alpha value is -6.46. The Kier molecular flexibility index (Phi) is 12.5. The van der Waals surface area contributed by atoms with Crippen LogP contribution in [-0.2, 0) is 33.6 Å². The standard InChI is InChI=1S/C34H35N5O13/c40-25(15-35-31(49)17-7-8-19-18-4-1-2-5-20(18)29(47)30(48)21(19)14-17)37-23(10-12-27(43)44)34(52)39-13-3-6-24(39)33(51)38-22(9-11-26(41)42)32(50)36-16-28(45)46/h1-2,4-5,7-8,14,22-24H,3,6,9-13,15-16H2,(H,35,49)(H,36,50)(H,37,40)(H,38,51)(H,41,42)(H,43,44)(H,45,46)/t22-,23-,24-/m0/s1. The van der Waals surface area contributed by atoms with E-state index in [0.29, 0.717) is 17.5 Å². The van der Waals surface area contributed by atoms with E-state index in [1.807, 2.05) is 0 Å². The number of aliphatic carboxylic acids is 3. The molecule has 0 radical (unpaired) electrons. The van der Waals surface area contributed by atoms with Gasteiger partial charge in [-0.3, -0.25) is 47.9 Å². The zero-order chi connectivity index (χ0) is 38.1. The van der Waals surface area contributed by atoms with Gasteiger partial charge >= 0.3 is 17.9 Å². The molecule has 0 bridgehead atoms. The number of fused-ring (bicyclic) bond motifs is 3. The highest BCUT2D eigenvalue weighted by Crippen LogP contribution is 2.33. The van der Waals surface area contributed by atoms with Crippen LogP contribution >= 0.6 is 0 Å². The molecule has 18 heteroatoms. The molecule has 0 unspecified atom stereocenters. The molecule has 274 valence electrons. The predicted molar refractivity (Wildman–Crippen MR) is 176 cm³/mol. The summed E-state index contributed by atoms with van der Waals surface area (Å²) >= 11 is 0. The van der Waals surface area contributed by atoms with E-state index < -0.39 is 103 Å². The van der Waals surface area contributed by atoms with Crippen LogP contribution < -0.4 is 21.3 Å². The summed E-state index contributed by atoms with van der Waals surface area (Å²) in [6, 6.07) is 6.58. The van der Waals surface area contributed by atoms with E-state index in [1.54, 1.807) is 18.2 Å². The Labute approximate surface area is 294 Å². The molecular weight excluding hydrogens is 686 g/mol. The van der Waals surface area contributed by atoms with Gasteiger partial charge in [-0.2, -0.15) is 0 Å². The minimum absolute atomic E-state index is 0.0124. The highest BCUT2D eigenvalue weighted by atomic mass is 16.4. The number of carboxylic acid groups (broad SMARTS) is 3. The monoisotopic (exact) mass is 721 g/mol. The van der Waals surface area contributed by atoms with Crippen LogP contribution in [0, 0.1) is 0 Å². The lowest BCUT2D eigenvalue weighted by Crippen LogP contribution is -2.57. The predicted octanol–water partition coefficient (Wildman–Crippen LogP) is -0.647. The number of amides is 5. The van der Waals surface area contributed by atoms with Crippen LogP contribution in [0.4, 0.5) is 0 Å². The average molecular weight is 722 g/mol. The number of rotatable bonds is 16. The summed E-state index contributed by atoms with van der Waals surface area (Å²) in [7, 11) is 0. The van der Waals surface area contributed by atoms with Crippen molar-refractivity contribution >= 4 is 59.0 Å². The second-order valence-corrected chi connectivity index (χ2v) is 12.0. The van der Waals surface area contributed by atoms with Crippen LogP contribution in [0.15, 0.2) is 42.5 Å². The Morgan fingerprint density at radius 3 is 1.98 bits per heavy atom. The average Bonchev–Trinajstić information content (AvgIpc) is 3.61. The number of hydrogen-bond acceptors (Lipinski definition) is 10. The van der Waals surface area contributed by atoms with Crippen molar-refractivity contribution in [2.45, 2.75) is 56.7 Å². The van der Waals surface area contributed by atoms with Crippen molar-refractivity contribution in [2.24, 2.45) is 0 Å². The van der Waals surface area contributed by atoms with Gasteiger partial charge in [0, 0.05) is 36.1 Å². The van der Waals surface area contributed by atoms with Gasteiger partial charge in [0.05, 0.1) is 6.54 Å². The first-order valence-electron chi connectivity index (χ1n) is 16.1. The smallest absolute Gasteiger partial charge is 0.322 e. The first kappa shape index (κ1) is 38.3. The molecule has 2 aliphatic rings. The third-order valence-electron chi connectivity index (χ3n) is 8.42. The second-order valence-electron chi connectivity index (χ2n) is 12.0. The molecular formula is C34H35N5O13. The number of carbonyl (C=O) groups is 10. The van der Waals surface area contributed by atoms with Crippen molar-refractivity contribution in [1.82, 2.24) is 26.2 Å². The van der Waals surface area contributed by atoms with Crippen LogP contribution in [0.25, 0.3) is 11.1 Å². The Morgan fingerprint density at radius 2 is 1.33 bits per heavy atom. The first-order chi connectivity index (χ1) is 24.7. The van der Waals surface area contributed by atoms with Crippen molar-refractivity contribution in [3.63, 3.8) is 0 Å². The van der Waals surface area contributed by atoms with Crippen LogP contribution in [0.1, 0.15) is 69.6 Å². The highest BCUT2D eigenvalue weighted by Gasteiger charge is 2.39. The van der Waals surface area contributed by atoms with Gasteiger partial charge in [0.1, 0.15) is 24.7 Å². The molecule has 3 atom stereocenters. The van der Waals surface area contributed by atoms with Crippen LogP contribution in [0.5, 0.6) is 0 Å². The van der Waals surface area contributed by atoms with E-state index in [4.69, 9.17) is 10.2 Å². The van der Waals surface area contributed by atoms with Gasteiger partial charge in [0.25, 0.3) is 5.91 Å². The van der Waals surface area contributed by atoms with Crippen LogP contribution in [0.3, 0.4) is 0 Å². The summed E-state index contributed by atoms with van der Waals surface area (Å²) in [5, 5.41) is 36.3. The lowest BCUT2D eigenvalue weighted by Gasteiger charge is -2.29. The summed E-state index contributed by atoms with van der Waals surface area (Å²) in [4.78, 5) is 125. The number of hydrogen-bond donors (Lipinski definition) is 7. The van der Waals surface area contributed by atoms with Gasteiger partial charge < -0.3 is 41.5 Å². The molecule has 1 aliphatic carbocycles. The van der Waals surface area contributed by atoms with Gasteiger partial charge in [-0.05, 0) is 48.9 Å². The van der Waals surface area contributed by atoms with E-state index in [1.165, 1.54) is 24.3 Å². The largest absolute Gasteiger partial charge is 0.481 e. The number of likely N-dealkylation sites (tertiary alicyclic amines) is 1. The van der Waals surface area contributed by atoms with Gasteiger partial charge in [0.15, 0.2) is 0 Å². The van der Waals surface area contributed by atoms with Crippen molar-refractivity contribution < 1.29 is 63.3 Å². The number of nitrogens with zero attached hydrogens (tertiary/aromatic N) is 1. The molecule has 7 N–H and O–H groups in total. The molecule has 0 aromatic heterocycles. The van der Waals surface area contributed by atoms with E-state index in [9.17, 15) is 53.1 Å². The number of nitrogens with one attached hydrogen (secondary N) is 4. The van der Waals surface area contributed by atoms with Crippen LogP contribution in [0.2, 0.25) is 0 Å². The topological polar surface area (TPSA) is 283 Å². The zero-order valence-electron chi connectivity index (χ0n) is 27.5. The molecule has 0 spiro atoms. The summed E-state index contributed by atoms with van der Waals surface area (Å²) < 4.78 is 0. The Morgan fingerprint density at radius 1 is 0.712 bits per heavy atom.